The van der Waals surface area contributed by atoms with Gasteiger partial charge in [0, 0.05) is 43.3 Å². The predicted octanol–water partition coefficient (Wildman–Crippen LogP) is 3.77. The third-order valence-electron chi connectivity index (χ3n) is 5.95. The van der Waals surface area contributed by atoms with Gasteiger partial charge in [0.15, 0.2) is 0 Å². The van der Waals surface area contributed by atoms with Crippen molar-refractivity contribution in [3.8, 4) is 22.6 Å². The number of nitrogens with one attached hydrogen (secondary N) is 2. The lowest BCUT2D eigenvalue weighted by Gasteiger charge is -2.25. The van der Waals surface area contributed by atoms with Gasteiger partial charge in [-0.3, -0.25) is 0 Å². The molecule has 1 aromatic carbocycles. The molecule has 0 atom stereocenters. The van der Waals surface area contributed by atoms with Crippen LogP contribution in [0.5, 0.6) is 0 Å². The van der Waals surface area contributed by atoms with Gasteiger partial charge in [-0.25, -0.2) is 24.3 Å². The maximum atomic E-state index is 13.5. The summed E-state index contributed by atoms with van der Waals surface area (Å²) in [6, 6.07) is 8.73. The molecular formula is C24H27FN8. The second kappa shape index (κ2) is 9.91. The summed E-state index contributed by atoms with van der Waals surface area (Å²) in [7, 11) is 0. The molecule has 170 valence electrons. The van der Waals surface area contributed by atoms with E-state index in [1.165, 1.54) is 12.1 Å². The molecule has 3 aromatic heterocycles. The lowest BCUT2D eigenvalue weighted by atomic mass is 10.0. The van der Waals surface area contributed by atoms with Gasteiger partial charge in [-0.05, 0) is 62.7 Å². The van der Waals surface area contributed by atoms with Crippen LogP contribution in [-0.2, 0) is 6.54 Å². The van der Waals surface area contributed by atoms with Crippen LogP contribution in [0, 0.1) is 5.82 Å². The highest BCUT2D eigenvalue weighted by Gasteiger charge is 2.23. The molecule has 0 unspecified atom stereocenters. The highest BCUT2D eigenvalue weighted by molar-refractivity contribution is 5.77. The smallest absolute Gasteiger partial charge is 0.223 e. The van der Waals surface area contributed by atoms with E-state index in [4.69, 9.17) is 9.97 Å². The first-order chi connectivity index (χ1) is 16.3. The van der Waals surface area contributed by atoms with Gasteiger partial charge in [-0.15, -0.1) is 0 Å². The zero-order chi connectivity index (χ0) is 22.5. The van der Waals surface area contributed by atoms with Crippen LogP contribution < -0.4 is 10.6 Å². The van der Waals surface area contributed by atoms with Crippen LogP contribution >= 0.6 is 0 Å². The minimum Gasteiger partial charge on any atom is -0.354 e. The highest BCUT2D eigenvalue weighted by Crippen LogP contribution is 2.34. The van der Waals surface area contributed by atoms with Gasteiger partial charge in [-0.1, -0.05) is 0 Å². The summed E-state index contributed by atoms with van der Waals surface area (Å²) in [5.74, 6) is 0.323. The normalized spacial score (nSPS) is 14.5. The molecule has 1 aliphatic rings. The largest absolute Gasteiger partial charge is 0.354 e. The van der Waals surface area contributed by atoms with Crippen molar-refractivity contribution in [1.29, 1.82) is 0 Å². The summed E-state index contributed by atoms with van der Waals surface area (Å²) >= 11 is 0. The maximum Gasteiger partial charge on any atom is 0.223 e. The first-order valence-corrected chi connectivity index (χ1v) is 11.3. The topological polar surface area (TPSA) is 85.5 Å². The Morgan fingerprint density at radius 2 is 1.88 bits per heavy atom. The van der Waals surface area contributed by atoms with E-state index < -0.39 is 0 Å². The number of hydrogen-bond acceptors (Lipinski definition) is 6. The van der Waals surface area contributed by atoms with Gasteiger partial charge >= 0.3 is 0 Å². The number of piperidine rings is 1. The molecule has 0 bridgehead atoms. The van der Waals surface area contributed by atoms with E-state index in [-0.39, 0.29) is 5.82 Å². The molecule has 2 N–H and O–H groups in total. The van der Waals surface area contributed by atoms with Crippen molar-refractivity contribution in [1.82, 2.24) is 34.4 Å². The number of nitrogens with zero attached hydrogens (tertiary/aromatic N) is 6. The van der Waals surface area contributed by atoms with E-state index in [1.807, 2.05) is 29.5 Å². The van der Waals surface area contributed by atoms with Crippen LogP contribution in [0.3, 0.4) is 0 Å². The highest BCUT2D eigenvalue weighted by atomic mass is 19.1. The molecule has 1 aliphatic heterocycles. The Bertz CT molecular complexity index is 1160. The third kappa shape index (κ3) is 4.93. The number of aryl methyl sites for hydroxylation is 1. The van der Waals surface area contributed by atoms with Crippen molar-refractivity contribution in [3.63, 3.8) is 0 Å². The number of aromatic nitrogens is 6. The average Bonchev–Trinajstić information content (AvgIpc) is 3.53. The standard InChI is InChI=1S/C24H27FN8/c25-19-4-2-18(3-5-19)22-23(33(17-30-22)20-6-10-26-11-7-20)21-8-12-29-24(31-21)28-9-1-14-32-15-13-27-16-32/h2-5,8,12-13,15-17,20,26H,1,6-7,9-11,14H2,(H,28,29,31). The summed E-state index contributed by atoms with van der Waals surface area (Å²) in [6.07, 6.45) is 12.2. The van der Waals surface area contributed by atoms with E-state index in [2.05, 4.69) is 25.2 Å². The van der Waals surface area contributed by atoms with Crippen LogP contribution in [0.4, 0.5) is 10.3 Å². The third-order valence-corrected chi connectivity index (χ3v) is 5.95. The first-order valence-electron chi connectivity index (χ1n) is 11.3. The molecule has 1 saturated heterocycles. The first kappa shape index (κ1) is 21.3. The minimum atomic E-state index is -0.262. The number of imidazole rings is 2. The molecular weight excluding hydrogens is 419 g/mol. The second-order valence-electron chi connectivity index (χ2n) is 8.18. The molecule has 4 aromatic rings. The van der Waals surface area contributed by atoms with Gasteiger partial charge in [0.1, 0.15) is 5.82 Å². The van der Waals surface area contributed by atoms with Gasteiger partial charge in [0.05, 0.1) is 29.7 Å². The Morgan fingerprint density at radius 1 is 1.03 bits per heavy atom. The molecule has 0 saturated carbocycles. The molecule has 0 radical (unpaired) electrons. The zero-order valence-corrected chi connectivity index (χ0v) is 18.4. The summed E-state index contributed by atoms with van der Waals surface area (Å²) in [5.41, 5.74) is 3.42. The maximum absolute atomic E-state index is 13.5. The molecule has 8 nitrogen and oxygen atoms in total. The van der Waals surface area contributed by atoms with Crippen LogP contribution in [0.25, 0.3) is 22.6 Å². The summed E-state index contributed by atoms with van der Waals surface area (Å²) < 4.78 is 17.8. The summed E-state index contributed by atoms with van der Waals surface area (Å²) in [4.78, 5) is 18.0. The average molecular weight is 447 g/mol. The van der Waals surface area contributed by atoms with Crippen molar-refractivity contribution in [2.75, 3.05) is 25.0 Å². The molecule has 33 heavy (non-hydrogen) atoms. The number of anilines is 1. The zero-order valence-electron chi connectivity index (χ0n) is 18.4. The van der Waals surface area contributed by atoms with Crippen molar-refractivity contribution in [3.05, 3.63) is 67.4 Å². The number of hydrogen-bond donors (Lipinski definition) is 2. The number of rotatable bonds is 8. The van der Waals surface area contributed by atoms with Crippen LogP contribution in [0.15, 0.2) is 61.6 Å². The Balaban J connectivity index is 1.42. The molecule has 1 fully saturated rings. The van der Waals surface area contributed by atoms with E-state index in [0.717, 1.165) is 68.1 Å². The van der Waals surface area contributed by atoms with Gasteiger partial charge in [-0.2, -0.15) is 0 Å². The lowest BCUT2D eigenvalue weighted by molar-refractivity contribution is 0.370. The Labute approximate surface area is 191 Å². The molecule has 5 rings (SSSR count). The minimum absolute atomic E-state index is 0.262. The Hall–Kier alpha value is -3.59. The van der Waals surface area contributed by atoms with E-state index in [0.29, 0.717) is 12.0 Å². The Morgan fingerprint density at radius 3 is 2.67 bits per heavy atom. The fourth-order valence-corrected chi connectivity index (χ4v) is 4.25. The van der Waals surface area contributed by atoms with E-state index in [9.17, 15) is 4.39 Å². The quantitative estimate of drug-likeness (QED) is 0.401. The monoisotopic (exact) mass is 446 g/mol. The fourth-order valence-electron chi connectivity index (χ4n) is 4.25. The Kier molecular flexibility index (Phi) is 6.39. The van der Waals surface area contributed by atoms with Crippen molar-refractivity contribution < 1.29 is 4.39 Å². The molecule has 0 aliphatic carbocycles. The van der Waals surface area contributed by atoms with Crippen molar-refractivity contribution >= 4 is 5.95 Å². The molecule has 9 heteroatoms. The van der Waals surface area contributed by atoms with Crippen molar-refractivity contribution in [2.45, 2.75) is 31.8 Å². The predicted molar refractivity (Wildman–Crippen MR) is 125 cm³/mol. The number of halogens is 1. The molecule has 4 heterocycles. The van der Waals surface area contributed by atoms with Crippen LogP contribution in [0.1, 0.15) is 25.3 Å². The summed E-state index contributed by atoms with van der Waals surface area (Å²) in [5, 5.41) is 6.75. The van der Waals surface area contributed by atoms with Crippen LogP contribution in [-0.4, -0.2) is 48.7 Å². The fraction of sp³-hybridized carbons (Fsp3) is 0.333. The molecule has 0 amide bonds. The van der Waals surface area contributed by atoms with E-state index >= 15 is 0 Å². The van der Waals surface area contributed by atoms with Gasteiger partial charge < -0.3 is 19.8 Å². The lowest BCUT2D eigenvalue weighted by Crippen LogP contribution is -2.29. The second-order valence-corrected chi connectivity index (χ2v) is 8.18. The summed E-state index contributed by atoms with van der Waals surface area (Å²) in [6.45, 7) is 3.58. The van der Waals surface area contributed by atoms with Crippen LogP contribution in [0.2, 0.25) is 0 Å². The number of benzene rings is 1. The van der Waals surface area contributed by atoms with E-state index in [1.54, 1.807) is 24.5 Å². The SMILES string of the molecule is Fc1ccc(-c2ncn(C3CCNCC3)c2-c2ccnc(NCCCn3ccnc3)n2)cc1. The van der Waals surface area contributed by atoms with Gasteiger partial charge in [0.2, 0.25) is 5.95 Å². The van der Waals surface area contributed by atoms with Gasteiger partial charge in [0.25, 0.3) is 0 Å². The molecule has 0 spiro atoms. The van der Waals surface area contributed by atoms with Crippen molar-refractivity contribution in [2.24, 2.45) is 0 Å².